The van der Waals surface area contributed by atoms with Crippen molar-refractivity contribution in [2.45, 2.75) is 52.5 Å². The minimum absolute atomic E-state index is 0. The van der Waals surface area contributed by atoms with E-state index in [0.717, 1.165) is 45.1 Å². The van der Waals surface area contributed by atoms with E-state index in [9.17, 15) is 0 Å². The number of hydrogen-bond donors (Lipinski definition) is 2. The highest BCUT2D eigenvalue weighted by Crippen LogP contribution is 2.22. The molecule has 0 bridgehead atoms. The second-order valence-corrected chi connectivity index (χ2v) is 8.56. The number of piperazine rings is 1. The predicted octanol–water partition coefficient (Wildman–Crippen LogP) is 3.34. The summed E-state index contributed by atoms with van der Waals surface area (Å²) in [5.41, 5.74) is 2.79. The molecular formula is C23H42IN5. The maximum atomic E-state index is 4.42. The number of halogens is 1. The highest BCUT2D eigenvalue weighted by molar-refractivity contribution is 14.0. The topological polar surface area (TPSA) is 42.9 Å². The molecular weight excluding hydrogens is 473 g/mol. The number of nitrogens with zero attached hydrogens (tertiary/aromatic N) is 3. The van der Waals surface area contributed by atoms with Crippen molar-refractivity contribution in [1.82, 2.24) is 20.4 Å². The fourth-order valence-corrected chi connectivity index (χ4v) is 3.71. The highest BCUT2D eigenvalue weighted by atomic mass is 127. The fourth-order valence-electron chi connectivity index (χ4n) is 3.71. The molecule has 0 aromatic heterocycles. The van der Waals surface area contributed by atoms with Gasteiger partial charge in [-0.25, -0.2) is 0 Å². The van der Waals surface area contributed by atoms with Gasteiger partial charge in [0, 0.05) is 57.8 Å². The van der Waals surface area contributed by atoms with E-state index >= 15 is 0 Å². The first-order chi connectivity index (χ1) is 13.4. The van der Waals surface area contributed by atoms with Gasteiger partial charge < -0.3 is 15.5 Å². The summed E-state index contributed by atoms with van der Waals surface area (Å²) in [6, 6.07) is 9.50. The van der Waals surface area contributed by atoms with Crippen LogP contribution in [-0.4, -0.2) is 74.7 Å². The zero-order valence-electron chi connectivity index (χ0n) is 19.3. The molecule has 1 fully saturated rings. The Morgan fingerprint density at radius 1 is 1.07 bits per heavy atom. The van der Waals surface area contributed by atoms with Crippen molar-refractivity contribution in [2.75, 3.05) is 52.9 Å². The molecule has 1 saturated heterocycles. The Labute approximate surface area is 195 Å². The Hall–Kier alpha value is -0.860. The van der Waals surface area contributed by atoms with Crippen LogP contribution in [0.1, 0.15) is 45.7 Å². The van der Waals surface area contributed by atoms with Crippen LogP contribution in [0.2, 0.25) is 0 Å². The van der Waals surface area contributed by atoms with Crippen molar-refractivity contribution in [1.29, 1.82) is 0 Å². The summed E-state index contributed by atoms with van der Waals surface area (Å²) in [5.74, 6) is 0.886. The lowest BCUT2D eigenvalue weighted by molar-refractivity contribution is 0.107. The van der Waals surface area contributed by atoms with Gasteiger partial charge in [-0.2, -0.15) is 0 Å². The first-order valence-corrected chi connectivity index (χ1v) is 10.9. The van der Waals surface area contributed by atoms with Crippen LogP contribution < -0.4 is 10.6 Å². The van der Waals surface area contributed by atoms with E-state index < -0.39 is 0 Å². The highest BCUT2D eigenvalue weighted by Gasteiger charge is 2.22. The van der Waals surface area contributed by atoms with Gasteiger partial charge in [0.1, 0.15) is 0 Å². The largest absolute Gasteiger partial charge is 0.356 e. The Morgan fingerprint density at radius 2 is 1.69 bits per heavy atom. The van der Waals surface area contributed by atoms with Crippen molar-refractivity contribution < 1.29 is 0 Å². The molecule has 0 amide bonds. The van der Waals surface area contributed by atoms with Gasteiger partial charge in [0.05, 0.1) is 0 Å². The van der Waals surface area contributed by atoms with E-state index in [0.29, 0.717) is 6.04 Å². The molecule has 1 aromatic rings. The maximum Gasteiger partial charge on any atom is 0.191 e. The fraction of sp³-hybridized carbons (Fsp3) is 0.696. The van der Waals surface area contributed by atoms with Gasteiger partial charge >= 0.3 is 0 Å². The number of rotatable bonds is 8. The van der Waals surface area contributed by atoms with E-state index in [1.54, 1.807) is 0 Å². The molecule has 29 heavy (non-hydrogen) atoms. The molecule has 5 nitrogen and oxygen atoms in total. The lowest BCUT2D eigenvalue weighted by atomic mass is 9.84. The van der Waals surface area contributed by atoms with Crippen molar-refractivity contribution in [3.8, 4) is 0 Å². The number of guanidine groups is 1. The molecule has 0 radical (unpaired) electrons. The first kappa shape index (κ1) is 26.2. The molecule has 1 aliphatic heterocycles. The zero-order chi connectivity index (χ0) is 20.6. The number of hydrogen-bond acceptors (Lipinski definition) is 3. The molecule has 1 unspecified atom stereocenters. The molecule has 2 rings (SSSR count). The summed E-state index contributed by atoms with van der Waals surface area (Å²) in [7, 11) is 1.85. The Morgan fingerprint density at radius 3 is 2.21 bits per heavy atom. The van der Waals surface area contributed by atoms with Crippen molar-refractivity contribution in [2.24, 2.45) is 4.99 Å². The molecule has 6 heteroatoms. The van der Waals surface area contributed by atoms with Gasteiger partial charge in [0.15, 0.2) is 5.96 Å². The normalized spacial score (nSPS) is 17.5. The average molecular weight is 516 g/mol. The molecule has 2 N–H and O–H groups in total. The van der Waals surface area contributed by atoms with Gasteiger partial charge in [-0.05, 0) is 31.0 Å². The van der Waals surface area contributed by atoms with Gasteiger partial charge in [-0.15, -0.1) is 24.0 Å². The third-order valence-corrected chi connectivity index (χ3v) is 6.11. The zero-order valence-corrected chi connectivity index (χ0v) is 21.6. The SMILES string of the molecule is CCc1ccc(C(C)(C)CNC(=NC)NCC(C)N2CCN(CC)CC2)cc1.I. The quantitative estimate of drug-likeness (QED) is 0.317. The van der Waals surface area contributed by atoms with Crippen LogP contribution in [0.4, 0.5) is 0 Å². The van der Waals surface area contributed by atoms with Gasteiger partial charge in [-0.1, -0.05) is 52.0 Å². The summed E-state index contributed by atoms with van der Waals surface area (Å²) >= 11 is 0. The summed E-state index contributed by atoms with van der Waals surface area (Å²) in [5, 5.41) is 7.04. The molecule has 1 heterocycles. The summed E-state index contributed by atoms with van der Waals surface area (Å²) in [4.78, 5) is 9.52. The molecule has 0 spiro atoms. The smallest absolute Gasteiger partial charge is 0.191 e. The molecule has 0 aliphatic carbocycles. The van der Waals surface area contributed by atoms with Gasteiger partial charge in [0.25, 0.3) is 0 Å². The van der Waals surface area contributed by atoms with E-state index in [-0.39, 0.29) is 29.4 Å². The number of benzene rings is 1. The van der Waals surface area contributed by atoms with Crippen LogP contribution in [0.25, 0.3) is 0 Å². The summed E-state index contributed by atoms with van der Waals surface area (Å²) in [6.07, 6.45) is 1.08. The average Bonchev–Trinajstić information content (AvgIpc) is 2.73. The maximum absolute atomic E-state index is 4.42. The van der Waals surface area contributed by atoms with Gasteiger partial charge in [-0.3, -0.25) is 9.89 Å². The van der Waals surface area contributed by atoms with Crippen LogP contribution >= 0.6 is 24.0 Å². The van der Waals surface area contributed by atoms with Crippen molar-refractivity contribution in [3.63, 3.8) is 0 Å². The predicted molar refractivity (Wildman–Crippen MR) is 137 cm³/mol. The lowest BCUT2D eigenvalue weighted by Gasteiger charge is -2.37. The monoisotopic (exact) mass is 515 g/mol. The first-order valence-electron chi connectivity index (χ1n) is 10.9. The Bertz CT molecular complexity index is 606. The Balaban J connectivity index is 0.00000420. The third-order valence-electron chi connectivity index (χ3n) is 6.11. The van der Waals surface area contributed by atoms with E-state index in [2.05, 4.69) is 84.3 Å². The molecule has 1 aromatic carbocycles. The second kappa shape index (κ2) is 12.7. The van der Waals surface area contributed by atoms with Crippen LogP contribution in [0.5, 0.6) is 0 Å². The second-order valence-electron chi connectivity index (χ2n) is 8.56. The third kappa shape index (κ3) is 8.06. The summed E-state index contributed by atoms with van der Waals surface area (Å²) in [6.45, 7) is 18.9. The van der Waals surface area contributed by atoms with Gasteiger partial charge in [0.2, 0.25) is 0 Å². The van der Waals surface area contributed by atoms with Crippen LogP contribution in [0.15, 0.2) is 29.3 Å². The van der Waals surface area contributed by atoms with Crippen LogP contribution in [-0.2, 0) is 11.8 Å². The van der Waals surface area contributed by atoms with Crippen LogP contribution in [0.3, 0.4) is 0 Å². The minimum Gasteiger partial charge on any atom is -0.356 e. The lowest BCUT2D eigenvalue weighted by Crippen LogP contribution is -2.53. The molecule has 166 valence electrons. The number of aryl methyl sites for hydroxylation is 1. The van der Waals surface area contributed by atoms with E-state index in [4.69, 9.17) is 0 Å². The standard InChI is InChI=1S/C23H41N5.HI/c1-7-20-9-11-21(12-10-20)23(4,5)18-26-22(24-6)25-17-19(3)28-15-13-27(8-2)14-16-28;/h9-12,19H,7-8,13-18H2,1-6H3,(H2,24,25,26);1H. The Kier molecular flexibility index (Phi) is 11.5. The van der Waals surface area contributed by atoms with E-state index in [1.807, 2.05) is 7.05 Å². The summed E-state index contributed by atoms with van der Waals surface area (Å²) < 4.78 is 0. The minimum atomic E-state index is 0. The number of likely N-dealkylation sites (N-methyl/N-ethyl adjacent to an activating group) is 1. The number of aliphatic imine (C=N–C) groups is 1. The number of nitrogens with one attached hydrogen (secondary N) is 2. The van der Waals surface area contributed by atoms with Crippen molar-refractivity contribution >= 4 is 29.9 Å². The van der Waals surface area contributed by atoms with Crippen LogP contribution in [0, 0.1) is 0 Å². The van der Waals surface area contributed by atoms with Crippen molar-refractivity contribution in [3.05, 3.63) is 35.4 Å². The molecule has 0 saturated carbocycles. The molecule has 1 aliphatic rings. The molecule has 1 atom stereocenters. The van der Waals surface area contributed by atoms with E-state index in [1.165, 1.54) is 24.2 Å².